The third-order valence-corrected chi connectivity index (χ3v) is 3.30. The van der Waals surface area contributed by atoms with Crippen LogP contribution < -0.4 is 4.74 Å². The third kappa shape index (κ3) is 3.19. The van der Waals surface area contributed by atoms with Crippen LogP contribution in [0.3, 0.4) is 0 Å². The van der Waals surface area contributed by atoms with E-state index in [1.54, 1.807) is 0 Å². The van der Waals surface area contributed by atoms with Crippen LogP contribution in [0.1, 0.15) is 31.1 Å². The van der Waals surface area contributed by atoms with E-state index in [4.69, 9.17) is 9.84 Å². The molecule has 17 heavy (non-hydrogen) atoms. The molecule has 0 aliphatic heterocycles. The molecule has 0 amide bonds. The highest BCUT2D eigenvalue weighted by atomic mass is 79.9. The lowest BCUT2D eigenvalue weighted by Gasteiger charge is -2.19. The van der Waals surface area contributed by atoms with E-state index in [-0.39, 0.29) is 27.8 Å². The number of halogens is 2. The summed E-state index contributed by atoms with van der Waals surface area (Å²) in [5.74, 6) is -1.56. The predicted molar refractivity (Wildman–Crippen MR) is 66.0 cm³/mol. The van der Waals surface area contributed by atoms with E-state index in [0.29, 0.717) is 0 Å². The van der Waals surface area contributed by atoms with Gasteiger partial charge in [0, 0.05) is 0 Å². The number of benzene rings is 1. The molecule has 0 fully saturated rings. The Hall–Kier alpha value is -1.10. The van der Waals surface area contributed by atoms with Gasteiger partial charge in [0.2, 0.25) is 0 Å². The molecule has 94 valence electrons. The minimum Gasteiger partial charge on any atom is -0.487 e. The molecule has 1 unspecified atom stereocenters. The van der Waals surface area contributed by atoms with Crippen molar-refractivity contribution in [2.24, 2.45) is 5.92 Å². The summed E-state index contributed by atoms with van der Waals surface area (Å²) in [5.41, 5.74) is -0.118. The van der Waals surface area contributed by atoms with Crippen LogP contribution in [0.15, 0.2) is 16.6 Å². The SMILES string of the molecule is CC(C)C(C)Oc1ccc(C(=O)O)c(Br)c1F. The molecule has 0 radical (unpaired) electrons. The Morgan fingerprint density at radius 1 is 1.41 bits per heavy atom. The van der Waals surface area contributed by atoms with Crippen LogP contribution in [-0.4, -0.2) is 17.2 Å². The second-order valence-corrected chi connectivity index (χ2v) is 4.90. The first kappa shape index (κ1) is 14.0. The third-order valence-electron chi connectivity index (χ3n) is 2.53. The molecule has 0 saturated heterocycles. The molecule has 0 aliphatic carbocycles. The first-order valence-electron chi connectivity index (χ1n) is 5.22. The largest absolute Gasteiger partial charge is 0.487 e. The molecule has 0 heterocycles. The van der Waals surface area contributed by atoms with Crippen molar-refractivity contribution in [2.45, 2.75) is 26.9 Å². The Morgan fingerprint density at radius 2 is 2.00 bits per heavy atom. The quantitative estimate of drug-likeness (QED) is 0.922. The zero-order valence-electron chi connectivity index (χ0n) is 9.83. The number of hydrogen-bond donors (Lipinski definition) is 1. The second-order valence-electron chi connectivity index (χ2n) is 4.11. The summed E-state index contributed by atoms with van der Waals surface area (Å²) in [7, 11) is 0. The Labute approximate surface area is 108 Å². The Kier molecular flexibility index (Phi) is 4.51. The van der Waals surface area contributed by atoms with Crippen molar-refractivity contribution in [3.63, 3.8) is 0 Å². The maximum Gasteiger partial charge on any atom is 0.336 e. The van der Waals surface area contributed by atoms with E-state index in [9.17, 15) is 9.18 Å². The van der Waals surface area contributed by atoms with E-state index in [0.717, 1.165) is 0 Å². The molecule has 0 spiro atoms. The van der Waals surface area contributed by atoms with Gasteiger partial charge in [-0.1, -0.05) is 13.8 Å². The van der Waals surface area contributed by atoms with Crippen LogP contribution >= 0.6 is 15.9 Å². The number of hydrogen-bond acceptors (Lipinski definition) is 2. The van der Waals surface area contributed by atoms with Gasteiger partial charge in [-0.25, -0.2) is 9.18 Å². The summed E-state index contributed by atoms with van der Waals surface area (Å²) >= 11 is 2.92. The topological polar surface area (TPSA) is 46.5 Å². The van der Waals surface area contributed by atoms with Gasteiger partial charge in [0.1, 0.15) is 0 Å². The number of aromatic carboxylic acids is 1. The standard InChI is InChI=1S/C12H14BrFO3/c1-6(2)7(3)17-9-5-4-8(12(15)16)10(13)11(9)14/h4-7H,1-3H3,(H,15,16). The molecule has 0 saturated carbocycles. The predicted octanol–water partition coefficient (Wildman–Crippen LogP) is 3.71. The zero-order chi connectivity index (χ0) is 13.2. The molecule has 0 bridgehead atoms. The van der Waals surface area contributed by atoms with Gasteiger partial charge in [0.25, 0.3) is 0 Å². The van der Waals surface area contributed by atoms with Gasteiger partial charge >= 0.3 is 5.97 Å². The van der Waals surface area contributed by atoms with Crippen LogP contribution in [0.2, 0.25) is 0 Å². The number of carbonyl (C=O) groups is 1. The van der Waals surface area contributed by atoms with Crippen LogP contribution in [0.25, 0.3) is 0 Å². The van der Waals surface area contributed by atoms with Gasteiger partial charge in [-0.05, 0) is 40.9 Å². The highest BCUT2D eigenvalue weighted by Gasteiger charge is 2.18. The fourth-order valence-electron chi connectivity index (χ4n) is 1.12. The first-order chi connectivity index (χ1) is 7.84. The van der Waals surface area contributed by atoms with Gasteiger partial charge in [0.15, 0.2) is 11.6 Å². The van der Waals surface area contributed by atoms with Crippen molar-refractivity contribution >= 4 is 21.9 Å². The molecular weight excluding hydrogens is 291 g/mol. The number of rotatable bonds is 4. The average molecular weight is 305 g/mol. The zero-order valence-corrected chi connectivity index (χ0v) is 11.4. The fourth-order valence-corrected chi connectivity index (χ4v) is 1.62. The van der Waals surface area contributed by atoms with Gasteiger partial charge < -0.3 is 9.84 Å². The molecule has 3 nitrogen and oxygen atoms in total. The van der Waals surface area contributed by atoms with Gasteiger partial charge in [-0.15, -0.1) is 0 Å². The van der Waals surface area contributed by atoms with Crippen LogP contribution in [0.5, 0.6) is 5.75 Å². The van der Waals surface area contributed by atoms with E-state index in [1.807, 2.05) is 20.8 Å². The lowest BCUT2D eigenvalue weighted by Crippen LogP contribution is -2.19. The van der Waals surface area contributed by atoms with Crippen molar-refractivity contribution in [1.29, 1.82) is 0 Å². The summed E-state index contributed by atoms with van der Waals surface area (Å²) in [6.45, 7) is 5.76. The normalized spacial score (nSPS) is 12.6. The smallest absolute Gasteiger partial charge is 0.336 e. The molecule has 5 heteroatoms. The van der Waals surface area contributed by atoms with Crippen molar-refractivity contribution < 1.29 is 19.0 Å². The first-order valence-corrected chi connectivity index (χ1v) is 6.01. The molecule has 1 rings (SSSR count). The number of carboxylic acids is 1. The Morgan fingerprint density at radius 3 is 2.47 bits per heavy atom. The number of carboxylic acid groups (broad SMARTS) is 1. The van der Waals surface area contributed by atoms with Gasteiger partial charge in [-0.2, -0.15) is 0 Å². The molecule has 1 aromatic rings. The van der Waals surface area contributed by atoms with E-state index in [1.165, 1.54) is 12.1 Å². The molecule has 0 aromatic heterocycles. The maximum atomic E-state index is 13.8. The van der Waals surface area contributed by atoms with Crippen molar-refractivity contribution in [3.05, 3.63) is 28.0 Å². The highest BCUT2D eigenvalue weighted by molar-refractivity contribution is 9.10. The molecule has 0 aliphatic rings. The maximum absolute atomic E-state index is 13.8. The summed E-state index contributed by atoms with van der Waals surface area (Å²) in [6.07, 6.45) is -0.146. The number of ether oxygens (including phenoxy) is 1. The van der Waals surface area contributed by atoms with E-state index >= 15 is 0 Å². The lowest BCUT2D eigenvalue weighted by molar-refractivity contribution is 0.0695. The second kappa shape index (κ2) is 5.49. The van der Waals surface area contributed by atoms with E-state index in [2.05, 4.69) is 15.9 Å². The Balaban J connectivity index is 3.05. The minimum absolute atomic E-state index is 0.0584. The van der Waals surface area contributed by atoms with Crippen LogP contribution in [0.4, 0.5) is 4.39 Å². The summed E-state index contributed by atoms with van der Waals surface area (Å²) in [6, 6.07) is 2.65. The van der Waals surface area contributed by atoms with Crippen molar-refractivity contribution in [2.75, 3.05) is 0 Å². The van der Waals surface area contributed by atoms with Gasteiger partial charge in [0.05, 0.1) is 16.1 Å². The fraction of sp³-hybridized carbons (Fsp3) is 0.417. The summed E-state index contributed by atoms with van der Waals surface area (Å²) in [4.78, 5) is 10.8. The summed E-state index contributed by atoms with van der Waals surface area (Å²) in [5, 5.41) is 8.81. The van der Waals surface area contributed by atoms with Crippen molar-refractivity contribution in [3.8, 4) is 5.75 Å². The molecule has 1 aromatic carbocycles. The average Bonchev–Trinajstić information content (AvgIpc) is 2.24. The van der Waals surface area contributed by atoms with Gasteiger partial charge in [-0.3, -0.25) is 0 Å². The highest BCUT2D eigenvalue weighted by Crippen LogP contribution is 2.29. The van der Waals surface area contributed by atoms with Crippen LogP contribution in [0, 0.1) is 11.7 Å². The monoisotopic (exact) mass is 304 g/mol. The summed E-state index contributed by atoms with van der Waals surface area (Å²) < 4.78 is 19.2. The lowest BCUT2D eigenvalue weighted by atomic mass is 10.1. The van der Waals surface area contributed by atoms with Crippen molar-refractivity contribution in [1.82, 2.24) is 0 Å². The minimum atomic E-state index is -1.18. The van der Waals surface area contributed by atoms with E-state index < -0.39 is 11.8 Å². The molecule has 1 N–H and O–H groups in total. The Bertz CT molecular complexity index is 432. The van der Waals surface area contributed by atoms with Crippen LogP contribution in [-0.2, 0) is 0 Å². The molecule has 1 atom stereocenters. The molecular formula is C12H14BrFO3.